The molecule has 0 fully saturated rings. The molecule has 0 spiro atoms. The van der Waals surface area contributed by atoms with Gasteiger partial charge in [0.2, 0.25) is 10.0 Å². The molecule has 0 aliphatic rings. The third-order valence-electron chi connectivity index (χ3n) is 2.47. The number of esters is 1. The highest BCUT2D eigenvalue weighted by atomic mass is 35.5. The molecule has 0 unspecified atom stereocenters. The van der Waals surface area contributed by atoms with E-state index >= 15 is 0 Å². The smallest absolute Gasteiger partial charge is 0.339 e. The van der Waals surface area contributed by atoms with E-state index in [0.29, 0.717) is 15.6 Å². The second-order valence-corrected chi connectivity index (χ2v) is 7.55. The average molecular weight is 366 g/mol. The van der Waals surface area contributed by atoms with Crippen molar-refractivity contribution in [2.24, 2.45) is 5.14 Å². The molecule has 5 nitrogen and oxygen atoms in total. The molecular formula is C12H9Cl2NO4S2. The first-order chi connectivity index (χ1) is 9.77. The summed E-state index contributed by atoms with van der Waals surface area (Å²) in [6.45, 7) is -0.0462. The van der Waals surface area contributed by atoms with Gasteiger partial charge in [-0.25, -0.2) is 18.4 Å². The van der Waals surface area contributed by atoms with Gasteiger partial charge in [0.1, 0.15) is 10.8 Å². The Labute approximate surface area is 135 Å². The molecule has 0 aliphatic carbocycles. The zero-order valence-corrected chi connectivity index (χ0v) is 13.5. The molecule has 0 saturated heterocycles. The standard InChI is InChI=1S/C12H9Cl2NO4S2/c13-9-2-1-7(10(14)4-9)5-19-12(16)8-3-11(20-6-8)21(15,17)18/h1-4,6H,5H2,(H2,15,17,18). The fraction of sp³-hybridized carbons (Fsp3) is 0.0833. The molecule has 2 aromatic rings. The molecule has 1 aromatic heterocycles. The van der Waals surface area contributed by atoms with E-state index in [-0.39, 0.29) is 16.4 Å². The van der Waals surface area contributed by atoms with Crippen molar-refractivity contribution in [2.45, 2.75) is 10.8 Å². The summed E-state index contributed by atoms with van der Waals surface area (Å²) in [7, 11) is -3.82. The van der Waals surface area contributed by atoms with Crippen LogP contribution < -0.4 is 5.14 Å². The van der Waals surface area contributed by atoms with Crippen molar-refractivity contribution < 1.29 is 17.9 Å². The Hall–Kier alpha value is -1.12. The molecular weight excluding hydrogens is 357 g/mol. The molecule has 2 N–H and O–H groups in total. The summed E-state index contributed by atoms with van der Waals surface area (Å²) in [6, 6.07) is 5.98. The van der Waals surface area contributed by atoms with Gasteiger partial charge in [-0.2, -0.15) is 0 Å². The molecule has 0 atom stereocenters. The van der Waals surface area contributed by atoms with Crippen LogP contribution in [0.25, 0.3) is 0 Å². The first-order valence-corrected chi connectivity index (χ1v) is 8.68. The lowest BCUT2D eigenvalue weighted by Gasteiger charge is -2.06. The van der Waals surface area contributed by atoms with Crippen molar-refractivity contribution in [3.63, 3.8) is 0 Å². The maximum absolute atomic E-state index is 11.8. The van der Waals surface area contributed by atoms with Gasteiger partial charge in [-0.1, -0.05) is 29.3 Å². The molecule has 0 radical (unpaired) electrons. The number of thiophene rings is 1. The first kappa shape index (κ1) is 16.3. The van der Waals surface area contributed by atoms with E-state index in [0.717, 1.165) is 11.3 Å². The van der Waals surface area contributed by atoms with Gasteiger partial charge in [0.05, 0.1) is 5.56 Å². The third-order valence-corrected chi connectivity index (χ3v) is 5.44. The molecule has 2 rings (SSSR count). The van der Waals surface area contributed by atoms with E-state index in [1.54, 1.807) is 12.1 Å². The SMILES string of the molecule is NS(=O)(=O)c1cc(C(=O)OCc2ccc(Cl)cc2Cl)cs1. The maximum atomic E-state index is 11.8. The molecule has 21 heavy (non-hydrogen) atoms. The number of nitrogens with two attached hydrogens (primary N) is 1. The summed E-state index contributed by atoms with van der Waals surface area (Å²) in [6.07, 6.45) is 0. The van der Waals surface area contributed by atoms with Crippen LogP contribution in [0.2, 0.25) is 10.0 Å². The normalized spacial score (nSPS) is 11.4. The monoisotopic (exact) mass is 365 g/mol. The summed E-state index contributed by atoms with van der Waals surface area (Å²) in [5.41, 5.74) is 0.713. The van der Waals surface area contributed by atoms with E-state index in [1.807, 2.05) is 0 Å². The minimum absolute atomic E-state index is 0.0462. The van der Waals surface area contributed by atoms with E-state index in [9.17, 15) is 13.2 Å². The number of ether oxygens (including phenoxy) is 1. The topological polar surface area (TPSA) is 86.5 Å². The lowest BCUT2D eigenvalue weighted by molar-refractivity contribution is 0.0473. The zero-order chi connectivity index (χ0) is 15.6. The van der Waals surface area contributed by atoms with Gasteiger partial charge in [-0.05, 0) is 18.2 Å². The van der Waals surface area contributed by atoms with E-state index < -0.39 is 16.0 Å². The van der Waals surface area contributed by atoms with E-state index in [1.165, 1.54) is 17.5 Å². The second kappa shape index (κ2) is 6.33. The first-order valence-electron chi connectivity index (χ1n) is 5.50. The van der Waals surface area contributed by atoms with Crippen molar-refractivity contribution in [1.29, 1.82) is 0 Å². The van der Waals surface area contributed by atoms with Gasteiger partial charge in [-0.3, -0.25) is 0 Å². The molecule has 0 saturated carbocycles. The molecule has 1 heterocycles. The fourth-order valence-corrected chi connectivity index (χ4v) is 3.48. The second-order valence-electron chi connectivity index (χ2n) is 4.01. The number of primary sulfonamides is 1. The quantitative estimate of drug-likeness (QED) is 0.843. The van der Waals surface area contributed by atoms with Gasteiger partial charge < -0.3 is 4.74 Å². The van der Waals surface area contributed by atoms with Crippen molar-refractivity contribution in [1.82, 2.24) is 0 Å². The largest absolute Gasteiger partial charge is 0.457 e. The van der Waals surface area contributed by atoms with Crippen LogP contribution in [0.15, 0.2) is 33.9 Å². The van der Waals surface area contributed by atoms with Gasteiger partial charge >= 0.3 is 5.97 Å². The maximum Gasteiger partial charge on any atom is 0.339 e. The number of benzene rings is 1. The molecule has 1 aromatic carbocycles. The van der Waals surface area contributed by atoms with Crippen LogP contribution >= 0.6 is 34.5 Å². The van der Waals surface area contributed by atoms with Crippen LogP contribution in [0.5, 0.6) is 0 Å². The molecule has 0 bridgehead atoms. The Morgan fingerprint density at radius 2 is 2.00 bits per heavy atom. The number of sulfonamides is 1. The Kier molecular flexibility index (Phi) is 4.90. The summed E-state index contributed by atoms with van der Waals surface area (Å²) in [5, 5.41) is 7.19. The van der Waals surface area contributed by atoms with Gasteiger partial charge in [0, 0.05) is 21.0 Å². The van der Waals surface area contributed by atoms with Crippen LogP contribution in [-0.4, -0.2) is 14.4 Å². The van der Waals surface area contributed by atoms with Crippen molar-refractivity contribution >= 4 is 50.5 Å². The minimum atomic E-state index is -3.82. The predicted octanol–water partition coefficient (Wildman–Crippen LogP) is 3.06. The Balaban J connectivity index is 2.07. The lowest BCUT2D eigenvalue weighted by Crippen LogP contribution is -2.10. The summed E-state index contributed by atoms with van der Waals surface area (Å²) < 4.78 is 27.2. The van der Waals surface area contributed by atoms with Crippen LogP contribution in [0.4, 0.5) is 0 Å². The summed E-state index contributed by atoms with van der Waals surface area (Å²) in [4.78, 5) is 11.8. The number of carbonyl (C=O) groups excluding carboxylic acids is 1. The number of carbonyl (C=O) groups is 1. The zero-order valence-electron chi connectivity index (χ0n) is 10.4. The highest BCUT2D eigenvalue weighted by Gasteiger charge is 2.16. The summed E-state index contributed by atoms with van der Waals surface area (Å²) in [5.74, 6) is -0.660. The van der Waals surface area contributed by atoms with Crippen LogP contribution in [0.1, 0.15) is 15.9 Å². The number of rotatable bonds is 4. The van der Waals surface area contributed by atoms with Crippen molar-refractivity contribution in [3.8, 4) is 0 Å². The Morgan fingerprint density at radius 3 is 2.57 bits per heavy atom. The van der Waals surface area contributed by atoms with Crippen LogP contribution in [0.3, 0.4) is 0 Å². The Bertz CT molecular complexity index is 786. The molecule has 9 heteroatoms. The van der Waals surface area contributed by atoms with Gasteiger partial charge in [0.15, 0.2) is 0 Å². The number of hydrogen-bond acceptors (Lipinski definition) is 5. The van der Waals surface area contributed by atoms with E-state index in [2.05, 4.69) is 0 Å². The highest BCUT2D eigenvalue weighted by Crippen LogP contribution is 2.23. The average Bonchev–Trinajstić information content (AvgIpc) is 2.87. The number of halogens is 2. The van der Waals surface area contributed by atoms with Crippen molar-refractivity contribution in [3.05, 3.63) is 50.8 Å². The van der Waals surface area contributed by atoms with Gasteiger partial charge in [-0.15, -0.1) is 11.3 Å². The highest BCUT2D eigenvalue weighted by molar-refractivity contribution is 7.91. The Morgan fingerprint density at radius 1 is 1.29 bits per heavy atom. The number of hydrogen-bond donors (Lipinski definition) is 1. The third kappa shape index (κ3) is 4.18. The summed E-state index contributed by atoms with van der Waals surface area (Å²) >= 11 is 12.6. The van der Waals surface area contributed by atoms with Crippen molar-refractivity contribution in [2.75, 3.05) is 0 Å². The van der Waals surface area contributed by atoms with Crippen LogP contribution in [-0.2, 0) is 21.4 Å². The fourth-order valence-electron chi connectivity index (χ4n) is 1.44. The minimum Gasteiger partial charge on any atom is -0.457 e. The lowest BCUT2D eigenvalue weighted by atomic mass is 10.2. The van der Waals surface area contributed by atoms with E-state index in [4.69, 9.17) is 33.1 Å². The molecule has 112 valence electrons. The van der Waals surface area contributed by atoms with Gasteiger partial charge in [0.25, 0.3) is 0 Å². The van der Waals surface area contributed by atoms with Crippen LogP contribution in [0, 0.1) is 0 Å². The molecule has 0 amide bonds. The molecule has 0 aliphatic heterocycles. The predicted molar refractivity (Wildman–Crippen MR) is 81.3 cm³/mol.